The van der Waals surface area contributed by atoms with E-state index in [1.165, 1.54) is 12.8 Å². The summed E-state index contributed by atoms with van der Waals surface area (Å²) in [6.07, 6.45) is 5.47. The molecule has 2 fully saturated rings. The van der Waals surface area contributed by atoms with E-state index in [1.807, 2.05) is 7.11 Å². The fourth-order valence-corrected chi connectivity index (χ4v) is 2.55. The minimum atomic E-state index is 0.464. The molecule has 0 bridgehead atoms. The lowest BCUT2D eigenvalue weighted by molar-refractivity contribution is 0.0107. The van der Waals surface area contributed by atoms with Crippen molar-refractivity contribution in [1.29, 1.82) is 0 Å². The zero-order chi connectivity index (χ0) is 12.1. The summed E-state index contributed by atoms with van der Waals surface area (Å²) in [4.78, 5) is 2.55. The van der Waals surface area contributed by atoms with Gasteiger partial charge in [0.1, 0.15) is 0 Å². The third-order valence-electron chi connectivity index (χ3n) is 3.90. The van der Waals surface area contributed by atoms with Gasteiger partial charge in [0.25, 0.3) is 0 Å². The molecule has 0 spiro atoms. The number of methoxy groups -OCH3 is 2. The smallest absolute Gasteiger partial charge is 0.0630 e. The highest BCUT2D eigenvalue weighted by molar-refractivity contribution is 4.85. The van der Waals surface area contributed by atoms with E-state index in [1.54, 1.807) is 7.11 Å². The first-order valence-corrected chi connectivity index (χ1v) is 6.82. The standard InChI is InChI=1S/C13H26N2O2/c1-16-10-12(9-14-11-3-4-11)15-7-5-13(17-2)6-8-15/h11-14H,3-10H2,1-2H3. The molecule has 0 aromatic carbocycles. The van der Waals surface area contributed by atoms with E-state index in [2.05, 4.69) is 10.2 Å². The van der Waals surface area contributed by atoms with Crippen molar-refractivity contribution < 1.29 is 9.47 Å². The number of hydrogen-bond acceptors (Lipinski definition) is 4. The Morgan fingerprint density at radius 1 is 1.18 bits per heavy atom. The van der Waals surface area contributed by atoms with E-state index in [-0.39, 0.29) is 0 Å². The molecule has 1 aliphatic heterocycles. The molecule has 1 atom stereocenters. The molecule has 4 nitrogen and oxygen atoms in total. The summed E-state index contributed by atoms with van der Waals surface area (Å²) >= 11 is 0. The second-order valence-electron chi connectivity index (χ2n) is 5.26. The van der Waals surface area contributed by atoms with Gasteiger partial charge in [0.2, 0.25) is 0 Å². The molecule has 1 saturated heterocycles. The number of ether oxygens (including phenoxy) is 2. The number of nitrogens with zero attached hydrogens (tertiary/aromatic N) is 1. The zero-order valence-electron chi connectivity index (χ0n) is 11.2. The van der Waals surface area contributed by atoms with Crippen molar-refractivity contribution in [2.24, 2.45) is 0 Å². The predicted molar refractivity (Wildman–Crippen MR) is 68.3 cm³/mol. The fraction of sp³-hybridized carbons (Fsp3) is 1.00. The van der Waals surface area contributed by atoms with Gasteiger partial charge in [0.15, 0.2) is 0 Å². The lowest BCUT2D eigenvalue weighted by atomic mass is 10.1. The number of piperidine rings is 1. The Hall–Kier alpha value is -0.160. The molecule has 2 rings (SSSR count). The molecule has 1 N–H and O–H groups in total. The summed E-state index contributed by atoms with van der Waals surface area (Å²) in [7, 11) is 3.62. The van der Waals surface area contributed by atoms with Gasteiger partial charge < -0.3 is 14.8 Å². The molecule has 2 aliphatic rings. The largest absolute Gasteiger partial charge is 0.383 e. The van der Waals surface area contributed by atoms with Crippen LogP contribution in [0.25, 0.3) is 0 Å². The number of likely N-dealkylation sites (tertiary alicyclic amines) is 1. The molecule has 0 radical (unpaired) electrons. The molecular formula is C13H26N2O2. The summed E-state index contributed by atoms with van der Waals surface area (Å²) in [5.74, 6) is 0. The maximum absolute atomic E-state index is 5.41. The first kappa shape index (κ1) is 13.3. The molecule has 0 aromatic heterocycles. The Kier molecular flexibility index (Phi) is 5.22. The second kappa shape index (κ2) is 6.69. The van der Waals surface area contributed by atoms with Crippen molar-refractivity contribution in [3.8, 4) is 0 Å². The van der Waals surface area contributed by atoms with Gasteiger partial charge in [-0.15, -0.1) is 0 Å². The van der Waals surface area contributed by atoms with Gasteiger partial charge in [-0.05, 0) is 25.7 Å². The van der Waals surface area contributed by atoms with Crippen LogP contribution in [-0.2, 0) is 9.47 Å². The molecule has 1 saturated carbocycles. The van der Waals surface area contributed by atoms with Crippen LogP contribution >= 0.6 is 0 Å². The van der Waals surface area contributed by atoms with E-state index < -0.39 is 0 Å². The number of rotatable bonds is 7. The van der Waals surface area contributed by atoms with Crippen molar-refractivity contribution in [2.45, 2.75) is 43.9 Å². The van der Waals surface area contributed by atoms with Crippen LogP contribution in [0.2, 0.25) is 0 Å². The minimum Gasteiger partial charge on any atom is -0.383 e. The Bertz CT molecular complexity index is 213. The van der Waals surface area contributed by atoms with Crippen LogP contribution in [0.5, 0.6) is 0 Å². The van der Waals surface area contributed by atoms with E-state index in [0.717, 1.165) is 45.1 Å². The molecule has 0 aromatic rings. The minimum absolute atomic E-state index is 0.464. The monoisotopic (exact) mass is 242 g/mol. The van der Waals surface area contributed by atoms with Gasteiger partial charge in [-0.1, -0.05) is 0 Å². The zero-order valence-corrected chi connectivity index (χ0v) is 11.2. The maximum atomic E-state index is 5.41. The van der Waals surface area contributed by atoms with Gasteiger partial charge in [-0.25, -0.2) is 0 Å². The van der Waals surface area contributed by atoms with Crippen LogP contribution in [0, 0.1) is 0 Å². The Balaban J connectivity index is 1.74. The van der Waals surface area contributed by atoms with Gasteiger partial charge in [0.05, 0.1) is 12.7 Å². The Morgan fingerprint density at radius 2 is 1.88 bits per heavy atom. The van der Waals surface area contributed by atoms with Gasteiger partial charge >= 0.3 is 0 Å². The highest BCUT2D eigenvalue weighted by Gasteiger charge is 2.27. The quantitative estimate of drug-likeness (QED) is 0.718. The van der Waals surface area contributed by atoms with Crippen LogP contribution in [0.1, 0.15) is 25.7 Å². The highest BCUT2D eigenvalue weighted by atomic mass is 16.5. The molecule has 100 valence electrons. The second-order valence-corrected chi connectivity index (χ2v) is 5.26. The van der Waals surface area contributed by atoms with E-state index in [4.69, 9.17) is 9.47 Å². The number of nitrogens with one attached hydrogen (secondary N) is 1. The molecule has 4 heteroatoms. The lowest BCUT2D eigenvalue weighted by Crippen LogP contribution is -2.49. The summed E-state index contributed by atoms with van der Waals surface area (Å²) in [6.45, 7) is 4.17. The van der Waals surface area contributed by atoms with Crippen LogP contribution < -0.4 is 5.32 Å². The molecule has 17 heavy (non-hydrogen) atoms. The average Bonchev–Trinajstić information content (AvgIpc) is 3.19. The molecule has 0 amide bonds. The summed E-state index contributed by atoms with van der Waals surface area (Å²) in [5.41, 5.74) is 0. The fourth-order valence-electron chi connectivity index (χ4n) is 2.55. The molecule has 1 aliphatic carbocycles. The van der Waals surface area contributed by atoms with Crippen LogP contribution in [0.4, 0.5) is 0 Å². The van der Waals surface area contributed by atoms with Crippen molar-refractivity contribution in [3.63, 3.8) is 0 Å². The first-order chi connectivity index (χ1) is 8.33. The van der Waals surface area contributed by atoms with Gasteiger partial charge in [-0.2, -0.15) is 0 Å². The maximum Gasteiger partial charge on any atom is 0.0630 e. The van der Waals surface area contributed by atoms with E-state index in [9.17, 15) is 0 Å². The number of hydrogen-bond donors (Lipinski definition) is 1. The van der Waals surface area contributed by atoms with Crippen LogP contribution in [0.15, 0.2) is 0 Å². The van der Waals surface area contributed by atoms with E-state index >= 15 is 0 Å². The summed E-state index contributed by atoms with van der Waals surface area (Å²) in [6, 6.07) is 1.31. The van der Waals surface area contributed by atoms with Gasteiger partial charge in [0, 0.05) is 45.9 Å². The highest BCUT2D eigenvalue weighted by Crippen LogP contribution is 2.20. The molecular weight excluding hydrogens is 216 g/mol. The summed E-state index contributed by atoms with van der Waals surface area (Å²) < 4.78 is 10.8. The SMILES string of the molecule is COCC(CNC1CC1)N1CCC(OC)CC1. The normalized spacial score (nSPS) is 25.1. The van der Waals surface area contributed by atoms with Crippen LogP contribution in [0.3, 0.4) is 0 Å². The lowest BCUT2D eigenvalue weighted by Gasteiger charge is -2.37. The molecule has 1 unspecified atom stereocenters. The topological polar surface area (TPSA) is 33.7 Å². The average molecular weight is 242 g/mol. The van der Waals surface area contributed by atoms with Crippen LogP contribution in [-0.4, -0.2) is 63.5 Å². The van der Waals surface area contributed by atoms with Crippen molar-refractivity contribution in [2.75, 3.05) is 40.5 Å². The van der Waals surface area contributed by atoms with Gasteiger partial charge in [-0.3, -0.25) is 4.90 Å². The van der Waals surface area contributed by atoms with Crippen molar-refractivity contribution in [1.82, 2.24) is 10.2 Å². The third-order valence-corrected chi connectivity index (χ3v) is 3.90. The Morgan fingerprint density at radius 3 is 2.41 bits per heavy atom. The first-order valence-electron chi connectivity index (χ1n) is 6.82. The van der Waals surface area contributed by atoms with Crippen molar-refractivity contribution in [3.05, 3.63) is 0 Å². The van der Waals surface area contributed by atoms with Crippen molar-refractivity contribution >= 4 is 0 Å². The molecule has 1 heterocycles. The predicted octanol–water partition coefficient (Wildman–Crippen LogP) is 0.864. The van der Waals surface area contributed by atoms with E-state index in [0.29, 0.717) is 12.1 Å². The Labute approximate surface area is 105 Å². The third kappa shape index (κ3) is 4.21. The summed E-state index contributed by atoms with van der Waals surface area (Å²) in [5, 5.41) is 3.61.